The van der Waals surface area contributed by atoms with Crippen LogP contribution in [0.4, 0.5) is 5.00 Å². The van der Waals surface area contributed by atoms with Crippen molar-refractivity contribution in [3.05, 3.63) is 45.8 Å². The van der Waals surface area contributed by atoms with E-state index in [1.54, 1.807) is 25.4 Å². The van der Waals surface area contributed by atoms with E-state index < -0.39 is 0 Å². The highest BCUT2D eigenvalue weighted by molar-refractivity contribution is 7.16. The number of rotatable bonds is 5. The summed E-state index contributed by atoms with van der Waals surface area (Å²) in [7, 11) is 1.71. The Labute approximate surface area is 170 Å². The van der Waals surface area contributed by atoms with E-state index in [0.717, 1.165) is 49.9 Å². The Kier molecular flexibility index (Phi) is 5.99. The Bertz CT molecular complexity index is 842. The highest BCUT2D eigenvalue weighted by Gasteiger charge is 2.35. The predicted octanol–water partition coefficient (Wildman–Crippen LogP) is 2.60. The molecule has 1 aromatic carbocycles. The molecule has 1 saturated heterocycles. The van der Waals surface area contributed by atoms with Gasteiger partial charge in [-0.3, -0.25) is 4.79 Å². The summed E-state index contributed by atoms with van der Waals surface area (Å²) in [4.78, 5) is 14.9. The number of ether oxygens (including phenoxy) is 2. The summed E-state index contributed by atoms with van der Waals surface area (Å²) in [5, 5.41) is 4.19. The molecule has 0 saturated carbocycles. The monoisotopic (exact) mass is 401 g/mol. The van der Waals surface area contributed by atoms with Gasteiger partial charge in [0.15, 0.2) is 0 Å². The van der Waals surface area contributed by atoms with Crippen molar-refractivity contribution < 1.29 is 19.2 Å². The third kappa shape index (κ3) is 3.95. The zero-order valence-electron chi connectivity index (χ0n) is 16.7. The first-order valence-corrected chi connectivity index (χ1v) is 11.0. The topological polar surface area (TPSA) is 52.0 Å². The smallest absolute Gasteiger partial charge is 0.221 e. The molecule has 0 spiro atoms. The molecule has 1 fully saturated rings. The molecule has 2 aromatic rings. The predicted molar refractivity (Wildman–Crippen MR) is 112 cm³/mol. The summed E-state index contributed by atoms with van der Waals surface area (Å²) in [5.74, 6) is 0.876. The van der Waals surface area contributed by atoms with Gasteiger partial charge in [0.1, 0.15) is 29.9 Å². The number of quaternary nitrogens is 1. The highest BCUT2D eigenvalue weighted by atomic mass is 32.1. The maximum Gasteiger partial charge on any atom is 0.221 e. The zero-order valence-corrected chi connectivity index (χ0v) is 17.5. The average Bonchev–Trinajstić information content (AvgIpc) is 3.06. The second-order valence-electron chi connectivity index (χ2n) is 7.62. The van der Waals surface area contributed by atoms with E-state index in [4.69, 9.17) is 9.47 Å². The average molecular weight is 402 g/mol. The number of anilines is 1. The number of hydrogen-bond donors (Lipinski definition) is 2. The summed E-state index contributed by atoms with van der Waals surface area (Å²) in [6.45, 7) is 5.08. The van der Waals surface area contributed by atoms with Gasteiger partial charge in [-0.2, -0.15) is 0 Å². The van der Waals surface area contributed by atoms with Gasteiger partial charge in [0.25, 0.3) is 0 Å². The van der Waals surface area contributed by atoms with E-state index in [-0.39, 0.29) is 11.9 Å². The molecule has 4 rings (SSSR count). The first-order valence-electron chi connectivity index (χ1n) is 10.2. The first-order chi connectivity index (χ1) is 13.7. The molecule has 0 radical (unpaired) electrons. The van der Waals surface area contributed by atoms with E-state index in [0.29, 0.717) is 0 Å². The number of aryl methyl sites for hydroxylation is 1. The second kappa shape index (κ2) is 8.64. The molecule has 1 atom stereocenters. The summed E-state index contributed by atoms with van der Waals surface area (Å²) < 4.78 is 11.2. The van der Waals surface area contributed by atoms with Crippen molar-refractivity contribution >= 4 is 22.2 Å². The van der Waals surface area contributed by atoms with Crippen LogP contribution < -0.4 is 15.0 Å². The Morgan fingerprint density at radius 2 is 2.04 bits per heavy atom. The summed E-state index contributed by atoms with van der Waals surface area (Å²) in [5.41, 5.74) is 4.03. The quantitative estimate of drug-likeness (QED) is 0.810. The maximum absolute atomic E-state index is 12.0. The SMILES string of the molecule is COc1cccc(C(c2c(NC(C)=O)sc3c2CCCC3)[NH+]2CCOCC2)c1. The molecule has 1 amide bonds. The molecule has 5 nitrogen and oxygen atoms in total. The van der Waals surface area contributed by atoms with Crippen molar-refractivity contribution in [3.63, 3.8) is 0 Å². The summed E-state index contributed by atoms with van der Waals surface area (Å²) in [6, 6.07) is 8.58. The Morgan fingerprint density at radius 1 is 1.25 bits per heavy atom. The molecule has 2 aliphatic rings. The number of nitrogens with one attached hydrogen (secondary N) is 2. The summed E-state index contributed by atoms with van der Waals surface area (Å²) in [6.07, 6.45) is 4.68. The van der Waals surface area contributed by atoms with Crippen LogP contribution in [0.5, 0.6) is 5.75 Å². The molecule has 150 valence electrons. The van der Waals surface area contributed by atoms with Crippen LogP contribution in [0.3, 0.4) is 0 Å². The minimum Gasteiger partial charge on any atom is -0.497 e. The first kappa shape index (κ1) is 19.4. The lowest BCUT2D eigenvalue weighted by atomic mass is 9.88. The number of morpholine rings is 1. The van der Waals surface area contributed by atoms with E-state index in [9.17, 15) is 4.79 Å². The Morgan fingerprint density at radius 3 is 2.79 bits per heavy atom. The normalized spacial score (nSPS) is 18.4. The van der Waals surface area contributed by atoms with Crippen LogP contribution in [0.1, 0.15) is 47.4 Å². The molecule has 2 N–H and O–H groups in total. The lowest BCUT2D eigenvalue weighted by Crippen LogP contribution is -3.14. The van der Waals surface area contributed by atoms with Crippen molar-refractivity contribution in [1.82, 2.24) is 0 Å². The number of benzene rings is 1. The van der Waals surface area contributed by atoms with Crippen LogP contribution in [0.2, 0.25) is 0 Å². The van der Waals surface area contributed by atoms with Gasteiger partial charge in [-0.1, -0.05) is 12.1 Å². The number of methoxy groups -OCH3 is 1. The maximum atomic E-state index is 12.0. The standard InChI is InChI=1S/C22H28N2O3S/c1-15(25)23-22-20(18-8-3-4-9-19(18)28-22)21(24-10-12-27-13-11-24)16-6-5-7-17(14-16)26-2/h5-7,14,21H,3-4,8-13H2,1-2H3,(H,23,25)/p+1. The largest absolute Gasteiger partial charge is 0.497 e. The van der Waals surface area contributed by atoms with Crippen LogP contribution in [-0.4, -0.2) is 39.3 Å². The van der Waals surface area contributed by atoms with Gasteiger partial charge in [0.05, 0.1) is 25.9 Å². The number of fused-ring (bicyclic) bond motifs is 1. The molecule has 0 bridgehead atoms. The van der Waals surface area contributed by atoms with Gasteiger partial charge in [-0.25, -0.2) is 0 Å². The van der Waals surface area contributed by atoms with Crippen LogP contribution in [0.15, 0.2) is 24.3 Å². The Balaban J connectivity index is 1.85. The molecular formula is C22H29N2O3S+. The van der Waals surface area contributed by atoms with Gasteiger partial charge < -0.3 is 19.7 Å². The molecule has 28 heavy (non-hydrogen) atoms. The van der Waals surface area contributed by atoms with Crippen LogP contribution in [-0.2, 0) is 22.4 Å². The van der Waals surface area contributed by atoms with Gasteiger partial charge in [0, 0.05) is 17.4 Å². The lowest BCUT2D eigenvalue weighted by molar-refractivity contribution is -0.933. The van der Waals surface area contributed by atoms with Gasteiger partial charge >= 0.3 is 0 Å². The molecule has 6 heteroatoms. The molecule has 1 aromatic heterocycles. The third-order valence-corrected chi connectivity index (χ3v) is 6.98. The zero-order chi connectivity index (χ0) is 19.5. The fourth-order valence-electron chi connectivity index (χ4n) is 4.50. The minimum absolute atomic E-state index is 0.00113. The third-order valence-electron chi connectivity index (χ3n) is 5.76. The molecule has 1 aliphatic carbocycles. The van der Waals surface area contributed by atoms with Crippen molar-refractivity contribution in [3.8, 4) is 5.75 Å². The lowest BCUT2D eigenvalue weighted by Gasteiger charge is -2.33. The van der Waals surface area contributed by atoms with Crippen molar-refractivity contribution in [2.45, 2.75) is 38.6 Å². The molecular weight excluding hydrogens is 372 g/mol. The Hall–Kier alpha value is -1.89. The molecule has 1 aliphatic heterocycles. The number of carbonyl (C=O) groups is 1. The van der Waals surface area contributed by atoms with E-state index >= 15 is 0 Å². The highest BCUT2D eigenvalue weighted by Crippen LogP contribution is 2.42. The van der Waals surface area contributed by atoms with Crippen LogP contribution in [0.25, 0.3) is 0 Å². The minimum atomic E-state index is 0.00113. The van der Waals surface area contributed by atoms with Crippen LogP contribution >= 0.6 is 11.3 Å². The van der Waals surface area contributed by atoms with Gasteiger partial charge in [-0.15, -0.1) is 11.3 Å². The number of carbonyl (C=O) groups excluding carboxylic acids is 1. The number of thiophene rings is 1. The molecule has 2 heterocycles. The van der Waals surface area contributed by atoms with E-state index in [2.05, 4.69) is 23.5 Å². The molecule has 1 unspecified atom stereocenters. The second-order valence-corrected chi connectivity index (χ2v) is 8.72. The van der Waals surface area contributed by atoms with Crippen molar-refractivity contribution in [2.75, 3.05) is 38.7 Å². The van der Waals surface area contributed by atoms with E-state index in [1.165, 1.54) is 39.3 Å². The summed E-state index contributed by atoms with van der Waals surface area (Å²) >= 11 is 1.78. The number of amides is 1. The fourth-order valence-corrected chi connectivity index (χ4v) is 5.87. The van der Waals surface area contributed by atoms with E-state index in [1.807, 2.05) is 6.07 Å². The fraction of sp³-hybridized carbons (Fsp3) is 0.500. The van der Waals surface area contributed by atoms with Crippen molar-refractivity contribution in [1.29, 1.82) is 0 Å². The van der Waals surface area contributed by atoms with Gasteiger partial charge in [0.2, 0.25) is 5.91 Å². The van der Waals surface area contributed by atoms with Crippen molar-refractivity contribution in [2.24, 2.45) is 0 Å². The number of hydrogen-bond acceptors (Lipinski definition) is 4. The van der Waals surface area contributed by atoms with Crippen LogP contribution in [0, 0.1) is 0 Å². The van der Waals surface area contributed by atoms with Gasteiger partial charge in [-0.05, 0) is 43.4 Å².